The summed E-state index contributed by atoms with van der Waals surface area (Å²) in [6, 6.07) is 53.3. The van der Waals surface area contributed by atoms with E-state index in [2.05, 4.69) is 132 Å². The number of nitrogens with one attached hydrogen (secondary N) is 6. The van der Waals surface area contributed by atoms with Gasteiger partial charge in [-0.2, -0.15) is 38.7 Å². The van der Waals surface area contributed by atoms with E-state index in [1.54, 1.807) is 33.5 Å². The van der Waals surface area contributed by atoms with Crippen molar-refractivity contribution in [1.29, 1.82) is 0 Å². The van der Waals surface area contributed by atoms with Gasteiger partial charge in [-0.15, -0.1) is 20.4 Å². The molecule has 0 atom stereocenters. The SMILES string of the molecule is CCOc1cccc(Nc2nc(N)n(-c3cc(Nc4ccccc4)ncn3)n2)c1.COc1cc(N2CCOCC2)ccc1Nc1nc(N)n(-c2cc(N(C)CCN(C)C)ncn2)n1.COc1ccc(Nc2nc(N)n(-c3cc(Nc4ccccc4)ncn3)n2)c(C)c1.COc1ccccc1Nc1nc(N)n(-c2cc(N(C)CCN(C)C)ncn2)n1. The maximum atomic E-state index is 6.16. The Morgan fingerprint density at radius 2 is 0.825 bits per heavy atom. The molecular weight excluding hydrogens is 1530 g/mol. The predicted molar refractivity (Wildman–Crippen MR) is 466 cm³/mol. The maximum Gasteiger partial charge on any atom is 0.249 e. The first-order chi connectivity index (χ1) is 58.2. The highest BCUT2D eigenvalue weighted by Crippen LogP contribution is 2.34. The highest BCUT2D eigenvalue weighted by Gasteiger charge is 2.21. The van der Waals surface area contributed by atoms with Crippen molar-refractivity contribution < 1.29 is 23.7 Å². The molecule has 0 aliphatic carbocycles. The fourth-order valence-electron chi connectivity index (χ4n) is 11.6. The highest BCUT2D eigenvalue weighted by molar-refractivity contribution is 5.70. The minimum absolute atomic E-state index is 0.206. The van der Waals surface area contributed by atoms with Crippen LogP contribution in [0.1, 0.15) is 12.5 Å². The molecule has 6 aromatic carbocycles. The standard InChI is InChI=1S/C22H32N10O2.2C20H20N8O.C18H25N9O/c1-29(2)7-8-30(3)19-14-20(25-15-24-19)32-21(23)27-22(28-32)26-17-6-5-16(13-18(17)33-4)31-9-11-34-12-10-31;1-13-10-15(29-2)8-9-16(13)25-20-26-19(21)28(27-20)18-11-17(22-12-23-18)24-14-6-4-3-5-7-14;1-2-29-16-10-6-9-15(11-16)25-20-26-19(21)28(27-20)18-12-17(22-13-23-18)24-14-7-4-3-5-8-14;1-25(2)9-10-26(3)15-11-16(21-12-20-15)27-17(19)23-18(24-27)22-13-7-5-6-8-14(13)28-4/h5-6,13-15H,7-12H2,1-4H3,(H3,23,26,27,28);3-12H,1-2H3,(H,22,23,24)(H3,21,25,26,27);3-13H,2H2,1H3,(H,22,23,24)(H3,21,25,26,27);5-8,11-12H,9-10H2,1-4H3,(H3,19,22,23,24). The van der Waals surface area contributed by atoms with Crippen molar-refractivity contribution >= 4 is 111 Å². The number of aromatic nitrogens is 20. The van der Waals surface area contributed by atoms with Crippen LogP contribution in [0.15, 0.2) is 195 Å². The van der Waals surface area contributed by atoms with Gasteiger partial charge in [0.2, 0.25) is 47.6 Å². The summed E-state index contributed by atoms with van der Waals surface area (Å²) in [5.74, 6) is 10.1. The molecular formula is C80H97N35O5. The topological polar surface area (TPSA) is 465 Å². The molecule has 14 N–H and O–H groups in total. The summed E-state index contributed by atoms with van der Waals surface area (Å²) in [6.07, 6.45) is 5.88. The van der Waals surface area contributed by atoms with Gasteiger partial charge in [-0.05, 0) is 126 Å². The van der Waals surface area contributed by atoms with Crippen LogP contribution in [0.5, 0.6) is 23.0 Å². The summed E-state index contributed by atoms with van der Waals surface area (Å²) in [7, 11) is 17.0. The number of para-hydroxylation sites is 4. The van der Waals surface area contributed by atoms with Crippen molar-refractivity contribution in [3.63, 3.8) is 0 Å². The molecule has 9 heterocycles. The summed E-state index contributed by atoms with van der Waals surface area (Å²) in [5, 5.41) is 36.8. The van der Waals surface area contributed by atoms with Crippen LogP contribution >= 0.6 is 0 Å². The third-order valence-electron chi connectivity index (χ3n) is 17.9. The molecule has 1 aliphatic heterocycles. The zero-order valence-corrected chi connectivity index (χ0v) is 68.4. The first-order valence-corrected chi connectivity index (χ1v) is 37.9. The maximum absolute atomic E-state index is 6.16. The van der Waals surface area contributed by atoms with Gasteiger partial charge in [0, 0.05) is 118 Å². The number of benzene rings is 6. The molecule has 14 aromatic rings. The van der Waals surface area contributed by atoms with Crippen LogP contribution in [0.4, 0.5) is 111 Å². The van der Waals surface area contributed by atoms with E-state index in [0.29, 0.717) is 76.8 Å². The molecule has 0 bridgehead atoms. The second kappa shape index (κ2) is 40.8. The number of hydrogen-bond acceptors (Lipinski definition) is 36. The number of morpholine rings is 1. The lowest BCUT2D eigenvalue weighted by molar-refractivity contribution is 0.122. The summed E-state index contributed by atoms with van der Waals surface area (Å²) in [5.41, 5.74) is 31.4. The molecule has 8 aromatic heterocycles. The van der Waals surface area contributed by atoms with Crippen molar-refractivity contribution in [2.75, 3.05) is 192 Å². The Morgan fingerprint density at radius 3 is 1.29 bits per heavy atom. The second-order valence-corrected chi connectivity index (χ2v) is 27.1. The van der Waals surface area contributed by atoms with Gasteiger partial charge in [0.1, 0.15) is 71.6 Å². The number of nitrogen functional groups attached to an aromatic ring is 4. The lowest BCUT2D eigenvalue weighted by Gasteiger charge is -2.29. The largest absolute Gasteiger partial charge is 0.497 e. The number of aryl methyl sites for hydroxylation is 1. The Kier molecular flexibility index (Phi) is 28.6. The van der Waals surface area contributed by atoms with E-state index in [9.17, 15) is 0 Å². The van der Waals surface area contributed by atoms with E-state index < -0.39 is 0 Å². The predicted octanol–water partition coefficient (Wildman–Crippen LogP) is 9.58. The van der Waals surface area contributed by atoms with Gasteiger partial charge in [-0.3, -0.25) is 0 Å². The molecule has 0 unspecified atom stereocenters. The number of nitrogens with zero attached hydrogens (tertiary/aromatic N) is 25. The van der Waals surface area contributed by atoms with E-state index in [1.165, 1.54) is 44.0 Å². The van der Waals surface area contributed by atoms with Crippen LogP contribution in [0.25, 0.3) is 23.3 Å². The Hall–Kier alpha value is -15.3. The average Bonchev–Trinajstić information content (AvgIpc) is 1.63. The summed E-state index contributed by atoms with van der Waals surface area (Å²) < 4.78 is 33.0. The normalized spacial score (nSPS) is 11.6. The van der Waals surface area contributed by atoms with E-state index in [-0.39, 0.29) is 23.8 Å². The van der Waals surface area contributed by atoms with Crippen molar-refractivity contribution in [3.8, 4) is 46.3 Å². The summed E-state index contributed by atoms with van der Waals surface area (Å²) in [4.78, 5) is 62.1. The molecule has 1 aliphatic rings. The van der Waals surface area contributed by atoms with Crippen LogP contribution in [-0.2, 0) is 4.74 Å². The first kappa shape index (κ1) is 84.1. The third-order valence-corrected chi connectivity index (χ3v) is 17.9. The minimum atomic E-state index is 0.206. The lowest BCUT2D eigenvalue weighted by Crippen LogP contribution is -2.36. The van der Waals surface area contributed by atoms with Gasteiger partial charge in [-0.25, -0.2) is 39.9 Å². The number of nitrogens with two attached hydrogens (primary N) is 4. The number of rotatable bonds is 30. The number of methoxy groups -OCH3 is 3. The molecule has 1 saturated heterocycles. The summed E-state index contributed by atoms with van der Waals surface area (Å²) >= 11 is 0. The number of ether oxygens (including phenoxy) is 5. The number of likely N-dealkylation sites (N-methyl/N-ethyl adjacent to an activating group) is 4. The summed E-state index contributed by atoms with van der Waals surface area (Å²) in [6.45, 7) is 11.1. The number of hydrogen-bond donors (Lipinski definition) is 10. The van der Waals surface area contributed by atoms with Crippen LogP contribution in [0.3, 0.4) is 0 Å². The van der Waals surface area contributed by atoms with E-state index in [4.69, 9.17) is 46.6 Å². The lowest BCUT2D eigenvalue weighted by atomic mass is 10.2. The Balaban J connectivity index is 0.000000147. The zero-order valence-electron chi connectivity index (χ0n) is 68.4. The fourth-order valence-corrected chi connectivity index (χ4v) is 11.6. The van der Waals surface area contributed by atoms with Crippen LogP contribution in [0.2, 0.25) is 0 Å². The molecule has 120 heavy (non-hydrogen) atoms. The third kappa shape index (κ3) is 23.0. The highest BCUT2D eigenvalue weighted by atomic mass is 16.5. The van der Waals surface area contributed by atoms with Crippen molar-refractivity contribution in [2.24, 2.45) is 0 Å². The van der Waals surface area contributed by atoms with Gasteiger partial charge in [0.15, 0.2) is 23.3 Å². The van der Waals surface area contributed by atoms with Gasteiger partial charge in [-0.1, -0.05) is 54.6 Å². The van der Waals surface area contributed by atoms with Crippen LogP contribution in [-0.4, -0.2) is 231 Å². The molecule has 15 rings (SSSR count). The Morgan fingerprint density at radius 1 is 0.392 bits per heavy atom. The molecule has 0 saturated carbocycles. The van der Waals surface area contributed by atoms with Crippen LogP contribution in [0, 0.1) is 6.92 Å². The van der Waals surface area contributed by atoms with Gasteiger partial charge in [0.25, 0.3) is 0 Å². The van der Waals surface area contributed by atoms with E-state index in [1.807, 2.05) is 219 Å². The van der Waals surface area contributed by atoms with E-state index in [0.717, 1.165) is 121 Å². The quantitative estimate of drug-likeness (QED) is 0.0200. The Bertz CT molecular complexity index is 5610. The van der Waals surface area contributed by atoms with Crippen molar-refractivity contribution in [3.05, 3.63) is 201 Å². The fraction of sp³-hybridized carbons (Fsp3) is 0.250. The van der Waals surface area contributed by atoms with E-state index >= 15 is 0 Å². The smallest absolute Gasteiger partial charge is 0.249 e. The molecule has 40 heteroatoms. The van der Waals surface area contributed by atoms with Crippen LogP contribution < -0.4 is 88.5 Å². The van der Waals surface area contributed by atoms with Gasteiger partial charge in [0.05, 0.1) is 52.5 Å². The second-order valence-electron chi connectivity index (χ2n) is 27.1. The molecule has 0 radical (unpaired) electrons. The molecule has 622 valence electrons. The zero-order chi connectivity index (χ0) is 84.4. The minimum Gasteiger partial charge on any atom is -0.497 e. The van der Waals surface area contributed by atoms with Crippen molar-refractivity contribution in [2.45, 2.75) is 13.8 Å². The monoisotopic (exact) mass is 1630 g/mol. The van der Waals surface area contributed by atoms with Crippen molar-refractivity contribution in [1.82, 2.24) is 109 Å². The first-order valence-electron chi connectivity index (χ1n) is 37.9. The molecule has 1 fully saturated rings. The molecule has 0 amide bonds. The molecule has 40 nitrogen and oxygen atoms in total. The number of anilines is 19. The molecule has 0 spiro atoms. The average molecular weight is 1630 g/mol. The van der Waals surface area contributed by atoms with Gasteiger partial charge >= 0.3 is 0 Å². The Labute approximate surface area is 693 Å². The van der Waals surface area contributed by atoms with Gasteiger partial charge < -0.3 is 103 Å².